The summed E-state index contributed by atoms with van der Waals surface area (Å²) in [4.78, 5) is 24.7. The van der Waals surface area contributed by atoms with E-state index in [-0.39, 0.29) is 21.5 Å². The van der Waals surface area contributed by atoms with Gasteiger partial charge in [0.15, 0.2) is 10.9 Å². The Hall–Kier alpha value is -2.91. The zero-order chi connectivity index (χ0) is 20.3. The van der Waals surface area contributed by atoms with E-state index in [4.69, 9.17) is 34.0 Å². The molecule has 0 saturated heterocycles. The van der Waals surface area contributed by atoms with Gasteiger partial charge in [-0.1, -0.05) is 23.7 Å². The number of amides is 2. The molecule has 0 saturated carbocycles. The van der Waals surface area contributed by atoms with Gasteiger partial charge in [-0.3, -0.25) is 25.9 Å². The molecule has 146 valence electrons. The number of carbonyl (C=O) groups excluding carboxylic acids is 2. The lowest BCUT2D eigenvalue weighted by Crippen LogP contribution is -2.41. The molecule has 0 fully saturated rings. The van der Waals surface area contributed by atoms with Crippen molar-refractivity contribution in [3.63, 3.8) is 0 Å². The summed E-state index contributed by atoms with van der Waals surface area (Å²) < 4.78 is 5.74. The number of benzene rings is 1. The second kappa shape index (κ2) is 8.41. The molecule has 0 radical (unpaired) electrons. The first-order valence-electron chi connectivity index (χ1n) is 8.48. The molecule has 1 heterocycles. The smallest absolute Gasteiger partial charge is 0.305 e. The maximum atomic E-state index is 12.5. The van der Waals surface area contributed by atoms with E-state index in [2.05, 4.69) is 21.4 Å². The van der Waals surface area contributed by atoms with E-state index in [1.807, 2.05) is 0 Å². The van der Waals surface area contributed by atoms with Gasteiger partial charge in [0.05, 0.1) is 16.3 Å². The summed E-state index contributed by atoms with van der Waals surface area (Å²) in [6, 6.07) is 6.53. The molecule has 10 heteroatoms. The number of nitrogens with zero attached hydrogens (tertiary/aromatic N) is 1. The monoisotopic (exact) mass is 419 g/mol. The Kier molecular flexibility index (Phi) is 5.96. The molecule has 0 aliphatic heterocycles. The maximum absolute atomic E-state index is 12.5. The summed E-state index contributed by atoms with van der Waals surface area (Å²) in [5, 5.41) is 4.54. The number of fused-ring (bicyclic) bond motifs is 1. The summed E-state index contributed by atoms with van der Waals surface area (Å²) in [5.74, 6) is -0.339. The van der Waals surface area contributed by atoms with Gasteiger partial charge in [-0.25, -0.2) is 0 Å². The highest BCUT2D eigenvalue weighted by atomic mass is 35.5. The Morgan fingerprint density at radius 2 is 1.93 bits per heavy atom. The molecular formula is C18H18ClN5O3S. The third-order valence-electron chi connectivity index (χ3n) is 4.24. The van der Waals surface area contributed by atoms with Crippen molar-refractivity contribution in [3.8, 4) is 0 Å². The fraction of sp³-hybridized carbons (Fsp3) is 0.222. The highest BCUT2D eigenvalue weighted by Crippen LogP contribution is 2.29. The number of hydrogen-bond donors (Lipinski definition) is 4. The fourth-order valence-corrected chi connectivity index (χ4v) is 3.27. The number of furan rings is 1. The van der Waals surface area contributed by atoms with Crippen LogP contribution in [-0.2, 0) is 6.42 Å². The normalized spacial score (nSPS) is 14.3. The summed E-state index contributed by atoms with van der Waals surface area (Å²) in [5.41, 5.74) is 15.0. The second-order valence-electron chi connectivity index (χ2n) is 6.13. The van der Waals surface area contributed by atoms with Crippen molar-refractivity contribution >= 4 is 46.5 Å². The average molecular weight is 420 g/mol. The van der Waals surface area contributed by atoms with Gasteiger partial charge in [-0.15, -0.1) is 0 Å². The molecule has 0 unspecified atom stereocenters. The Morgan fingerprint density at radius 3 is 2.64 bits per heavy atom. The predicted octanol–water partition coefficient (Wildman–Crippen LogP) is 2.19. The number of rotatable bonds is 3. The van der Waals surface area contributed by atoms with Gasteiger partial charge in [0.1, 0.15) is 5.76 Å². The van der Waals surface area contributed by atoms with E-state index in [1.165, 1.54) is 0 Å². The van der Waals surface area contributed by atoms with Crippen LogP contribution < -0.4 is 22.0 Å². The maximum Gasteiger partial charge on any atom is 0.305 e. The Morgan fingerprint density at radius 1 is 1.21 bits per heavy atom. The second-order valence-corrected chi connectivity index (χ2v) is 6.98. The van der Waals surface area contributed by atoms with E-state index in [0.29, 0.717) is 24.2 Å². The van der Waals surface area contributed by atoms with Crippen LogP contribution >= 0.6 is 23.8 Å². The molecule has 8 nitrogen and oxygen atoms in total. The number of hydrazone groups is 1. The van der Waals surface area contributed by atoms with Gasteiger partial charge >= 0.3 is 5.91 Å². The van der Waals surface area contributed by atoms with Crippen molar-refractivity contribution in [2.75, 3.05) is 0 Å². The number of nitrogens with two attached hydrogens (primary N) is 1. The SMILES string of the molecule is Cc1c(C(=O)NNC(=O)c2ccccc2Cl)oc2c1/C(=N/NC(N)=S)CCC2. The highest BCUT2D eigenvalue weighted by Gasteiger charge is 2.28. The van der Waals surface area contributed by atoms with Crippen molar-refractivity contribution in [2.24, 2.45) is 10.8 Å². The quantitative estimate of drug-likeness (QED) is 0.447. The topological polar surface area (TPSA) is 122 Å². The van der Waals surface area contributed by atoms with Crippen molar-refractivity contribution in [2.45, 2.75) is 26.2 Å². The molecule has 1 aliphatic rings. The zero-order valence-electron chi connectivity index (χ0n) is 15.0. The van der Waals surface area contributed by atoms with Crippen LogP contribution in [0.15, 0.2) is 33.8 Å². The predicted molar refractivity (Wildman–Crippen MR) is 109 cm³/mol. The van der Waals surface area contributed by atoms with E-state index in [9.17, 15) is 9.59 Å². The highest BCUT2D eigenvalue weighted by molar-refractivity contribution is 7.80. The van der Waals surface area contributed by atoms with Crippen LogP contribution in [0.2, 0.25) is 5.02 Å². The van der Waals surface area contributed by atoms with E-state index in [0.717, 1.165) is 17.7 Å². The Labute approximate surface area is 171 Å². The molecule has 0 atom stereocenters. The van der Waals surface area contributed by atoms with Gasteiger partial charge in [-0.05, 0) is 44.1 Å². The summed E-state index contributed by atoms with van der Waals surface area (Å²) in [6.07, 6.45) is 2.21. The van der Waals surface area contributed by atoms with Gasteiger partial charge in [0.25, 0.3) is 5.91 Å². The minimum atomic E-state index is -0.575. The van der Waals surface area contributed by atoms with Gasteiger partial charge in [0, 0.05) is 17.5 Å². The van der Waals surface area contributed by atoms with Crippen molar-refractivity contribution in [3.05, 3.63) is 57.5 Å². The molecule has 1 aliphatic carbocycles. The largest absolute Gasteiger partial charge is 0.455 e. The molecule has 5 N–H and O–H groups in total. The molecule has 0 bridgehead atoms. The van der Waals surface area contributed by atoms with Crippen LogP contribution in [0.25, 0.3) is 0 Å². The van der Waals surface area contributed by atoms with Crippen LogP contribution in [0.4, 0.5) is 0 Å². The molecular weight excluding hydrogens is 402 g/mol. The van der Waals surface area contributed by atoms with Crippen molar-refractivity contribution in [1.29, 1.82) is 0 Å². The Bertz CT molecular complexity index is 986. The third-order valence-corrected chi connectivity index (χ3v) is 4.66. The number of hydrogen-bond acceptors (Lipinski definition) is 5. The van der Waals surface area contributed by atoms with Crippen LogP contribution in [0, 0.1) is 6.92 Å². The molecule has 2 aromatic rings. The van der Waals surface area contributed by atoms with Crippen LogP contribution in [-0.4, -0.2) is 22.6 Å². The Balaban J connectivity index is 1.76. The summed E-state index contributed by atoms with van der Waals surface area (Å²) in [6.45, 7) is 1.76. The summed E-state index contributed by atoms with van der Waals surface area (Å²) >= 11 is 10.8. The van der Waals surface area contributed by atoms with Gasteiger partial charge < -0.3 is 10.2 Å². The lowest BCUT2D eigenvalue weighted by molar-refractivity contribution is 0.0829. The zero-order valence-corrected chi connectivity index (χ0v) is 16.5. The van der Waals surface area contributed by atoms with E-state index in [1.54, 1.807) is 31.2 Å². The first-order chi connectivity index (χ1) is 13.4. The average Bonchev–Trinajstić information content (AvgIpc) is 3.02. The molecule has 0 spiro atoms. The fourth-order valence-electron chi connectivity index (χ4n) is 3.00. The number of thiocarbonyl (C=S) groups is 1. The first kappa shape index (κ1) is 19.8. The number of carbonyl (C=O) groups is 2. The number of nitrogens with one attached hydrogen (secondary N) is 3. The van der Waals surface area contributed by atoms with E-state index < -0.39 is 11.8 Å². The molecule has 3 rings (SSSR count). The van der Waals surface area contributed by atoms with Crippen LogP contribution in [0.3, 0.4) is 0 Å². The molecule has 28 heavy (non-hydrogen) atoms. The standard InChI is InChI=1S/C18H18ClN5O3S/c1-9-14-12(21-24-18(20)28)7-4-8-13(14)27-15(9)17(26)23-22-16(25)10-5-2-3-6-11(10)19/h2-3,5-6H,4,7-8H2,1H3,(H,22,25)(H,23,26)(H3,20,24,28)/b21-12+. The van der Waals surface area contributed by atoms with Gasteiger partial charge in [-0.2, -0.15) is 5.10 Å². The molecule has 2 amide bonds. The van der Waals surface area contributed by atoms with E-state index >= 15 is 0 Å². The van der Waals surface area contributed by atoms with Crippen LogP contribution in [0.5, 0.6) is 0 Å². The van der Waals surface area contributed by atoms with Gasteiger partial charge in [0.2, 0.25) is 0 Å². The third kappa shape index (κ3) is 4.15. The number of halogens is 1. The minimum Gasteiger partial charge on any atom is -0.455 e. The van der Waals surface area contributed by atoms with Crippen LogP contribution in [0.1, 0.15) is 50.6 Å². The lowest BCUT2D eigenvalue weighted by Gasteiger charge is -2.13. The van der Waals surface area contributed by atoms with Crippen molar-refractivity contribution in [1.82, 2.24) is 16.3 Å². The van der Waals surface area contributed by atoms with Crippen molar-refractivity contribution < 1.29 is 14.0 Å². The number of hydrazine groups is 1. The molecule has 1 aromatic carbocycles. The summed E-state index contributed by atoms with van der Waals surface area (Å²) in [7, 11) is 0. The number of aryl methyl sites for hydroxylation is 1. The minimum absolute atomic E-state index is 0.0565. The first-order valence-corrected chi connectivity index (χ1v) is 9.27. The molecule has 1 aromatic heterocycles. The lowest BCUT2D eigenvalue weighted by atomic mass is 9.93.